The van der Waals surface area contributed by atoms with Gasteiger partial charge in [-0.2, -0.15) is 0 Å². The predicted octanol–water partition coefficient (Wildman–Crippen LogP) is 0.383. The second kappa shape index (κ2) is 2.08. The van der Waals surface area contributed by atoms with Crippen molar-refractivity contribution < 1.29 is 14.6 Å². The molecule has 0 radical (unpaired) electrons. The van der Waals surface area contributed by atoms with E-state index in [0.717, 1.165) is 0 Å². The van der Waals surface area contributed by atoms with Gasteiger partial charge < -0.3 is 9.84 Å². The van der Waals surface area contributed by atoms with Crippen molar-refractivity contribution in [3.05, 3.63) is 12.2 Å². The molecule has 60 valence electrons. The fraction of sp³-hybridized carbons (Fsp3) is 0.625. The molecular weight excluding hydrogens is 144 g/mol. The highest BCUT2D eigenvalue weighted by Crippen LogP contribution is 2.35. The highest BCUT2D eigenvalue weighted by molar-refractivity contribution is 5.74. The van der Waals surface area contributed by atoms with Crippen molar-refractivity contribution in [2.75, 3.05) is 0 Å². The van der Waals surface area contributed by atoms with Gasteiger partial charge in [0.25, 0.3) is 0 Å². The van der Waals surface area contributed by atoms with Crippen molar-refractivity contribution in [3.63, 3.8) is 0 Å². The van der Waals surface area contributed by atoms with Gasteiger partial charge in [-0.15, -0.1) is 0 Å². The minimum absolute atomic E-state index is 0.155. The average molecular weight is 154 g/mol. The molecular formula is C8H10O3. The first-order chi connectivity index (χ1) is 5.21. The molecule has 3 nitrogen and oxygen atoms in total. The van der Waals surface area contributed by atoms with Gasteiger partial charge in [-0.25, -0.2) is 0 Å². The van der Waals surface area contributed by atoms with E-state index < -0.39 is 5.60 Å². The van der Waals surface area contributed by atoms with Gasteiger partial charge in [0.2, 0.25) is 0 Å². The Labute approximate surface area is 64.7 Å². The van der Waals surface area contributed by atoms with Gasteiger partial charge in [-0.3, -0.25) is 4.79 Å². The normalized spacial score (nSPS) is 41.9. The van der Waals surface area contributed by atoms with E-state index in [-0.39, 0.29) is 18.5 Å². The molecule has 11 heavy (non-hydrogen) atoms. The van der Waals surface area contributed by atoms with Crippen LogP contribution in [0.4, 0.5) is 0 Å². The van der Waals surface area contributed by atoms with E-state index in [2.05, 4.69) is 0 Å². The lowest BCUT2D eigenvalue weighted by Crippen LogP contribution is -2.38. The highest BCUT2D eigenvalue weighted by Gasteiger charge is 2.47. The summed E-state index contributed by atoms with van der Waals surface area (Å²) < 4.78 is 4.93. The molecule has 0 aromatic rings. The largest absolute Gasteiger partial charge is 0.459 e. The summed E-state index contributed by atoms with van der Waals surface area (Å²) >= 11 is 0. The Kier molecular flexibility index (Phi) is 1.29. The number of fused-ring (bicyclic) bond motifs is 1. The summed E-state index contributed by atoms with van der Waals surface area (Å²) in [5.74, 6) is -0.277. The molecule has 1 N–H and O–H groups in total. The van der Waals surface area contributed by atoms with Crippen LogP contribution in [0.5, 0.6) is 0 Å². The van der Waals surface area contributed by atoms with Crippen LogP contribution in [0.15, 0.2) is 12.2 Å². The Morgan fingerprint density at radius 2 is 2.45 bits per heavy atom. The van der Waals surface area contributed by atoms with Crippen LogP contribution in [-0.2, 0) is 9.53 Å². The van der Waals surface area contributed by atoms with E-state index in [1.807, 2.05) is 12.2 Å². The van der Waals surface area contributed by atoms with E-state index in [1.54, 1.807) is 0 Å². The third kappa shape index (κ3) is 0.959. The van der Waals surface area contributed by atoms with Gasteiger partial charge in [-0.1, -0.05) is 12.2 Å². The Hall–Kier alpha value is -0.830. The number of hydrogen-bond acceptors (Lipinski definition) is 3. The van der Waals surface area contributed by atoms with E-state index in [9.17, 15) is 9.90 Å². The van der Waals surface area contributed by atoms with Crippen LogP contribution in [0.25, 0.3) is 0 Å². The summed E-state index contributed by atoms with van der Waals surface area (Å²) in [6, 6.07) is 0. The zero-order valence-corrected chi connectivity index (χ0v) is 6.12. The molecule has 2 rings (SSSR count). The van der Waals surface area contributed by atoms with Crippen molar-refractivity contribution in [1.82, 2.24) is 0 Å². The van der Waals surface area contributed by atoms with Crippen LogP contribution in [0.2, 0.25) is 0 Å². The molecule has 0 saturated carbocycles. The maximum Gasteiger partial charge on any atom is 0.309 e. The van der Waals surface area contributed by atoms with Crippen molar-refractivity contribution in [2.24, 2.45) is 0 Å². The molecule has 1 heterocycles. The number of hydrogen-bond donors (Lipinski definition) is 1. The number of esters is 1. The van der Waals surface area contributed by atoms with Crippen molar-refractivity contribution in [2.45, 2.75) is 31.0 Å². The fourth-order valence-electron chi connectivity index (χ4n) is 1.65. The van der Waals surface area contributed by atoms with Crippen molar-refractivity contribution in [3.8, 4) is 0 Å². The Bertz CT molecular complexity index is 221. The molecule has 0 aromatic heterocycles. The summed E-state index contributed by atoms with van der Waals surface area (Å²) in [4.78, 5) is 10.8. The van der Waals surface area contributed by atoms with E-state index in [0.29, 0.717) is 12.8 Å². The van der Waals surface area contributed by atoms with Crippen LogP contribution in [0.1, 0.15) is 19.3 Å². The van der Waals surface area contributed by atoms with E-state index in [4.69, 9.17) is 4.74 Å². The summed E-state index contributed by atoms with van der Waals surface area (Å²) in [5.41, 5.74) is -0.897. The first kappa shape index (κ1) is 6.85. The van der Waals surface area contributed by atoms with Crippen molar-refractivity contribution >= 4 is 5.97 Å². The summed E-state index contributed by atoms with van der Waals surface area (Å²) in [6.45, 7) is 0. The third-order valence-corrected chi connectivity index (χ3v) is 2.31. The number of aliphatic hydroxyl groups is 1. The minimum Gasteiger partial charge on any atom is -0.459 e. The molecule has 0 amide bonds. The average Bonchev–Trinajstić information content (AvgIpc) is 2.22. The SMILES string of the molecule is O=C1C[C@@]2(O)CC=CC[C@H]2O1. The fourth-order valence-corrected chi connectivity index (χ4v) is 1.65. The Morgan fingerprint density at radius 3 is 3.18 bits per heavy atom. The molecule has 2 atom stereocenters. The lowest BCUT2D eigenvalue weighted by atomic mass is 9.86. The second-order valence-corrected chi connectivity index (χ2v) is 3.17. The second-order valence-electron chi connectivity index (χ2n) is 3.17. The zero-order valence-electron chi connectivity index (χ0n) is 6.12. The van der Waals surface area contributed by atoms with Crippen LogP contribution in [0, 0.1) is 0 Å². The number of carbonyl (C=O) groups excluding carboxylic acids is 1. The number of carbonyl (C=O) groups is 1. The lowest BCUT2D eigenvalue weighted by Gasteiger charge is -2.27. The predicted molar refractivity (Wildman–Crippen MR) is 37.8 cm³/mol. The van der Waals surface area contributed by atoms with Gasteiger partial charge in [0.15, 0.2) is 0 Å². The molecule has 0 bridgehead atoms. The molecule has 1 fully saturated rings. The summed E-state index contributed by atoms with van der Waals surface area (Å²) in [5, 5.41) is 9.78. The molecule has 1 aliphatic carbocycles. The molecule has 0 unspecified atom stereocenters. The Morgan fingerprint density at radius 1 is 1.64 bits per heavy atom. The van der Waals surface area contributed by atoms with E-state index >= 15 is 0 Å². The van der Waals surface area contributed by atoms with Crippen LogP contribution >= 0.6 is 0 Å². The van der Waals surface area contributed by atoms with Crippen LogP contribution in [-0.4, -0.2) is 22.8 Å². The molecule has 1 saturated heterocycles. The van der Waals surface area contributed by atoms with Gasteiger partial charge >= 0.3 is 5.97 Å². The first-order valence-electron chi connectivity index (χ1n) is 3.77. The van der Waals surface area contributed by atoms with Gasteiger partial charge in [0.05, 0.1) is 6.42 Å². The molecule has 1 aliphatic heterocycles. The summed E-state index contributed by atoms with van der Waals surface area (Å²) in [6.07, 6.45) is 4.91. The van der Waals surface area contributed by atoms with E-state index in [1.165, 1.54) is 0 Å². The third-order valence-electron chi connectivity index (χ3n) is 2.31. The maximum atomic E-state index is 10.8. The smallest absolute Gasteiger partial charge is 0.309 e. The molecule has 0 spiro atoms. The lowest BCUT2D eigenvalue weighted by molar-refractivity contribution is -0.142. The van der Waals surface area contributed by atoms with Gasteiger partial charge in [-0.05, 0) is 6.42 Å². The topological polar surface area (TPSA) is 46.5 Å². The standard InChI is InChI=1S/C8H10O3/c9-7-5-8(10)4-2-1-3-6(8)11-7/h1-2,6,10H,3-5H2/t6-,8+/m1/s1. The summed E-state index contributed by atoms with van der Waals surface area (Å²) in [7, 11) is 0. The maximum absolute atomic E-state index is 10.8. The molecule has 2 aliphatic rings. The quantitative estimate of drug-likeness (QED) is 0.405. The van der Waals surface area contributed by atoms with Crippen LogP contribution in [0.3, 0.4) is 0 Å². The number of rotatable bonds is 0. The van der Waals surface area contributed by atoms with Gasteiger partial charge in [0, 0.05) is 6.42 Å². The Balaban J connectivity index is 2.24. The van der Waals surface area contributed by atoms with Crippen LogP contribution < -0.4 is 0 Å². The van der Waals surface area contributed by atoms with Crippen molar-refractivity contribution in [1.29, 1.82) is 0 Å². The van der Waals surface area contributed by atoms with Gasteiger partial charge in [0.1, 0.15) is 11.7 Å². The minimum atomic E-state index is -0.897. The molecule has 0 aromatic carbocycles. The monoisotopic (exact) mass is 154 g/mol. The highest BCUT2D eigenvalue weighted by atomic mass is 16.6. The zero-order chi connectivity index (χ0) is 7.90. The first-order valence-corrected chi connectivity index (χ1v) is 3.77. The number of ether oxygens (including phenoxy) is 1. The molecule has 3 heteroatoms.